The Morgan fingerprint density at radius 1 is 1.03 bits per heavy atom. The van der Waals surface area contributed by atoms with Crippen LogP contribution in [0.1, 0.15) is 43.6 Å². The molecule has 0 unspecified atom stereocenters. The first kappa shape index (κ1) is 23.3. The average Bonchev–Trinajstić information content (AvgIpc) is 3.21. The lowest BCUT2D eigenvalue weighted by atomic mass is 10.1. The first-order valence-electron chi connectivity index (χ1n) is 10.8. The molecule has 1 aliphatic heterocycles. The molecule has 7 nitrogen and oxygen atoms in total. The van der Waals surface area contributed by atoms with Crippen molar-refractivity contribution in [1.29, 1.82) is 0 Å². The van der Waals surface area contributed by atoms with Gasteiger partial charge in [0.25, 0.3) is 0 Å². The van der Waals surface area contributed by atoms with Gasteiger partial charge in [-0.05, 0) is 49.1 Å². The molecular weight excluding hydrogens is 452 g/mol. The number of fused-ring (bicyclic) bond motifs is 1. The predicted octanol–water partition coefficient (Wildman–Crippen LogP) is 4.28. The van der Waals surface area contributed by atoms with Crippen LogP contribution in [0.5, 0.6) is 0 Å². The molecule has 1 aromatic heterocycles. The summed E-state index contributed by atoms with van der Waals surface area (Å²) in [6.45, 7) is -2.08. The lowest BCUT2D eigenvalue weighted by molar-refractivity contribution is -0.145. The molecule has 0 aliphatic carbocycles. The molecule has 1 saturated heterocycles. The fraction of sp³-hybridized carbons (Fsp3) is 0.391. The molecule has 0 saturated carbocycles. The highest BCUT2D eigenvalue weighted by Crippen LogP contribution is 2.24. The maximum Gasteiger partial charge on any atom is 0.320 e. The smallest absolute Gasteiger partial charge is 0.320 e. The van der Waals surface area contributed by atoms with Gasteiger partial charge < -0.3 is 4.74 Å². The minimum atomic E-state index is -3.50. The molecule has 10 heteroatoms. The molecule has 4 rings (SSSR count). The summed E-state index contributed by atoms with van der Waals surface area (Å²) in [6.07, 6.45) is 3.16. The molecular formula is C23H25F2N3O4S. The van der Waals surface area contributed by atoms with Gasteiger partial charge in [-0.3, -0.25) is 9.36 Å². The van der Waals surface area contributed by atoms with E-state index >= 15 is 0 Å². The van der Waals surface area contributed by atoms with Crippen molar-refractivity contribution in [2.75, 3.05) is 13.1 Å². The van der Waals surface area contributed by atoms with E-state index in [1.807, 2.05) is 0 Å². The number of hydrogen-bond donors (Lipinski definition) is 0. The molecule has 2 aromatic carbocycles. The quantitative estimate of drug-likeness (QED) is 0.453. The number of ether oxygens (including phenoxy) is 1. The van der Waals surface area contributed by atoms with Gasteiger partial charge in [-0.25, -0.2) is 13.4 Å². The summed E-state index contributed by atoms with van der Waals surface area (Å²) in [4.78, 5) is 16.5. The maximum atomic E-state index is 13.5. The van der Waals surface area contributed by atoms with Crippen LogP contribution in [-0.4, -0.2) is 41.3 Å². The lowest BCUT2D eigenvalue weighted by Crippen LogP contribution is -2.35. The summed E-state index contributed by atoms with van der Waals surface area (Å²) < 4.78 is 59.8. The number of aryl methyl sites for hydroxylation is 1. The standard InChI is InChI=1S/C23H25F2N3O4S/c24-23(25)28-20-7-3-2-6-19(20)26-21(28)16-32-22(29)13-10-17-8-11-18(12-9-17)33(30,31)27-14-4-1-5-15-27/h2-3,6-9,11-12,23H,1,4-5,10,13-16H2. The molecule has 176 valence electrons. The van der Waals surface area contributed by atoms with Crippen LogP contribution < -0.4 is 0 Å². The first-order valence-corrected chi connectivity index (χ1v) is 12.3. The Balaban J connectivity index is 1.33. The number of imidazole rings is 1. The van der Waals surface area contributed by atoms with Crippen LogP contribution in [0.3, 0.4) is 0 Å². The molecule has 0 atom stereocenters. The van der Waals surface area contributed by atoms with Crippen LogP contribution >= 0.6 is 0 Å². The number of benzene rings is 2. The van der Waals surface area contributed by atoms with E-state index in [9.17, 15) is 22.0 Å². The van der Waals surface area contributed by atoms with Gasteiger partial charge in [0.2, 0.25) is 10.0 Å². The van der Waals surface area contributed by atoms with E-state index in [0.29, 0.717) is 25.0 Å². The summed E-state index contributed by atoms with van der Waals surface area (Å²) in [6, 6.07) is 13.0. The van der Waals surface area contributed by atoms with E-state index < -0.39 is 22.5 Å². The third kappa shape index (κ3) is 5.22. The minimum Gasteiger partial charge on any atom is -0.457 e. The Labute approximate surface area is 191 Å². The number of para-hydroxylation sites is 2. The summed E-state index contributed by atoms with van der Waals surface area (Å²) >= 11 is 0. The van der Waals surface area contributed by atoms with E-state index in [4.69, 9.17) is 4.74 Å². The van der Waals surface area contributed by atoms with Crippen LogP contribution in [0, 0.1) is 0 Å². The van der Waals surface area contributed by atoms with E-state index in [2.05, 4.69) is 4.98 Å². The van der Waals surface area contributed by atoms with Crippen molar-refractivity contribution in [3.05, 3.63) is 59.9 Å². The van der Waals surface area contributed by atoms with Gasteiger partial charge >= 0.3 is 12.5 Å². The largest absolute Gasteiger partial charge is 0.457 e. The minimum absolute atomic E-state index is 0.0215. The normalized spacial score (nSPS) is 15.2. The van der Waals surface area contributed by atoms with Crippen molar-refractivity contribution in [3.63, 3.8) is 0 Å². The number of piperidine rings is 1. The molecule has 0 bridgehead atoms. The van der Waals surface area contributed by atoms with Crippen molar-refractivity contribution in [1.82, 2.24) is 13.9 Å². The molecule has 33 heavy (non-hydrogen) atoms. The monoisotopic (exact) mass is 477 g/mol. The maximum absolute atomic E-state index is 13.5. The fourth-order valence-electron chi connectivity index (χ4n) is 3.96. The van der Waals surface area contributed by atoms with Crippen LogP contribution in [0.25, 0.3) is 11.0 Å². The fourth-order valence-corrected chi connectivity index (χ4v) is 5.48. The third-order valence-corrected chi connectivity index (χ3v) is 7.63. The number of esters is 1. The second-order valence-electron chi connectivity index (χ2n) is 7.93. The number of aromatic nitrogens is 2. The van der Waals surface area contributed by atoms with Crippen LogP contribution in [0.4, 0.5) is 8.78 Å². The zero-order valence-corrected chi connectivity index (χ0v) is 18.8. The summed E-state index contributed by atoms with van der Waals surface area (Å²) in [5, 5.41) is 0. The number of halogens is 2. The Morgan fingerprint density at radius 2 is 1.73 bits per heavy atom. The molecule has 3 aromatic rings. The van der Waals surface area contributed by atoms with Crippen LogP contribution in [0.2, 0.25) is 0 Å². The SMILES string of the molecule is O=C(CCc1ccc(S(=O)(=O)N2CCCCC2)cc1)OCc1nc2ccccc2n1C(F)F. The number of hydrogen-bond acceptors (Lipinski definition) is 5. The first-order chi connectivity index (χ1) is 15.9. The Kier molecular flexibility index (Phi) is 7.04. The zero-order valence-electron chi connectivity index (χ0n) is 18.0. The number of carbonyl (C=O) groups is 1. The molecule has 0 N–H and O–H groups in total. The lowest BCUT2D eigenvalue weighted by Gasteiger charge is -2.25. The van der Waals surface area contributed by atoms with Crippen molar-refractivity contribution < 1.29 is 26.7 Å². The summed E-state index contributed by atoms with van der Waals surface area (Å²) in [7, 11) is -3.50. The highest BCUT2D eigenvalue weighted by molar-refractivity contribution is 7.89. The Morgan fingerprint density at radius 3 is 2.42 bits per heavy atom. The second-order valence-corrected chi connectivity index (χ2v) is 9.87. The van der Waals surface area contributed by atoms with E-state index in [-0.39, 0.29) is 29.3 Å². The zero-order chi connectivity index (χ0) is 23.4. The van der Waals surface area contributed by atoms with Gasteiger partial charge in [-0.15, -0.1) is 0 Å². The van der Waals surface area contributed by atoms with Crippen molar-refractivity contribution in [2.24, 2.45) is 0 Å². The van der Waals surface area contributed by atoms with E-state index in [0.717, 1.165) is 29.4 Å². The van der Waals surface area contributed by atoms with Crippen molar-refractivity contribution in [2.45, 2.75) is 50.2 Å². The predicted molar refractivity (Wildman–Crippen MR) is 118 cm³/mol. The number of nitrogens with zero attached hydrogens (tertiary/aromatic N) is 3. The van der Waals surface area contributed by atoms with Gasteiger partial charge in [-0.1, -0.05) is 30.7 Å². The van der Waals surface area contributed by atoms with Crippen molar-refractivity contribution in [3.8, 4) is 0 Å². The van der Waals surface area contributed by atoms with Gasteiger partial charge in [0.05, 0.1) is 15.9 Å². The molecule has 0 radical (unpaired) electrons. The summed E-state index contributed by atoms with van der Waals surface area (Å²) in [5.41, 5.74) is 1.46. The van der Waals surface area contributed by atoms with Crippen LogP contribution in [-0.2, 0) is 32.6 Å². The van der Waals surface area contributed by atoms with Gasteiger partial charge in [0.15, 0.2) is 5.82 Å². The molecule has 0 spiro atoms. The average molecular weight is 478 g/mol. The van der Waals surface area contributed by atoms with E-state index in [1.54, 1.807) is 42.5 Å². The topological polar surface area (TPSA) is 81.5 Å². The highest BCUT2D eigenvalue weighted by Gasteiger charge is 2.25. The van der Waals surface area contributed by atoms with Crippen LogP contribution in [0.15, 0.2) is 53.4 Å². The van der Waals surface area contributed by atoms with Gasteiger partial charge in [0.1, 0.15) is 6.61 Å². The molecule has 2 heterocycles. The Hall–Kier alpha value is -2.85. The Bertz CT molecular complexity index is 1220. The number of carbonyl (C=O) groups excluding carboxylic acids is 1. The number of alkyl halides is 2. The summed E-state index contributed by atoms with van der Waals surface area (Å²) in [5.74, 6) is -0.570. The highest BCUT2D eigenvalue weighted by atomic mass is 32.2. The third-order valence-electron chi connectivity index (χ3n) is 5.72. The van der Waals surface area contributed by atoms with Crippen molar-refractivity contribution >= 4 is 27.0 Å². The number of sulfonamides is 1. The molecule has 1 fully saturated rings. The molecule has 0 amide bonds. The second kappa shape index (κ2) is 9.96. The molecule has 1 aliphatic rings. The van der Waals surface area contributed by atoms with Gasteiger partial charge in [0, 0.05) is 19.5 Å². The number of rotatable bonds is 8. The van der Waals surface area contributed by atoms with E-state index in [1.165, 1.54) is 10.4 Å². The van der Waals surface area contributed by atoms with Gasteiger partial charge in [-0.2, -0.15) is 13.1 Å².